The van der Waals surface area contributed by atoms with E-state index in [1.165, 1.54) is 244 Å². The molecule has 2 rings (SSSR count). The molecular formula is C66H129NO13. The van der Waals surface area contributed by atoms with Gasteiger partial charge in [0, 0.05) is 6.42 Å². The Balaban J connectivity index is 1.65. The van der Waals surface area contributed by atoms with Crippen LogP contribution < -0.4 is 5.32 Å². The molecule has 0 spiro atoms. The van der Waals surface area contributed by atoms with Gasteiger partial charge in [-0.15, -0.1) is 0 Å². The van der Waals surface area contributed by atoms with Crippen LogP contribution in [0.3, 0.4) is 0 Å². The molecule has 476 valence electrons. The summed E-state index contributed by atoms with van der Waals surface area (Å²) in [6.07, 6.45) is 44.0. The van der Waals surface area contributed by atoms with Gasteiger partial charge in [-0.05, 0) is 12.8 Å². The van der Waals surface area contributed by atoms with Crippen LogP contribution in [0.4, 0.5) is 0 Å². The summed E-state index contributed by atoms with van der Waals surface area (Å²) in [6, 6.07) is -0.823. The van der Waals surface area contributed by atoms with E-state index in [0.29, 0.717) is 12.8 Å². The lowest BCUT2D eigenvalue weighted by molar-refractivity contribution is -0.359. The van der Waals surface area contributed by atoms with Gasteiger partial charge in [0.1, 0.15) is 48.8 Å². The number of hydrogen-bond acceptors (Lipinski definition) is 13. The van der Waals surface area contributed by atoms with Crippen molar-refractivity contribution in [2.75, 3.05) is 19.8 Å². The second kappa shape index (κ2) is 52.3. The second-order valence-electron chi connectivity index (χ2n) is 24.7. The molecule has 2 fully saturated rings. The maximum Gasteiger partial charge on any atom is 0.220 e. The molecular weight excluding hydrogens is 1010 g/mol. The minimum absolute atomic E-state index is 0.198. The second-order valence-corrected chi connectivity index (χ2v) is 24.7. The third kappa shape index (κ3) is 36.7. The van der Waals surface area contributed by atoms with Crippen LogP contribution in [-0.2, 0) is 23.7 Å². The Kier molecular flexibility index (Phi) is 49.1. The molecule has 2 heterocycles. The summed E-state index contributed by atoms with van der Waals surface area (Å²) in [5.74, 6) is -0.198. The first-order valence-corrected chi connectivity index (χ1v) is 34.3. The highest BCUT2D eigenvalue weighted by Gasteiger charge is 2.51. The third-order valence-corrected chi connectivity index (χ3v) is 17.3. The Morgan fingerprint density at radius 2 is 0.713 bits per heavy atom. The summed E-state index contributed by atoms with van der Waals surface area (Å²) in [6.45, 7) is 2.92. The van der Waals surface area contributed by atoms with Crippen molar-refractivity contribution in [2.45, 2.75) is 396 Å². The van der Waals surface area contributed by atoms with Gasteiger partial charge in [0.05, 0.1) is 32.0 Å². The van der Waals surface area contributed by atoms with E-state index >= 15 is 0 Å². The number of carbonyl (C=O) groups is 1. The smallest absolute Gasteiger partial charge is 0.220 e. The van der Waals surface area contributed by atoms with E-state index < -0.39 is 86.8 Å². The lowest BCUT2D eigenvalue weighted by atomic mass is 9.97. The van der Waals surface area contributed by atoms with Crippen molar-refractivity contribution in [1.82, 2.24) is 5.32 Å². The first-order chi connectivity index (χ1) is 39.1. The van der Waals surface area contributed by atoms with Crippen LogP contribution in [0, 0.1) is 0 Å². The minimum atomic E-state index is -1.78. The topological polar surface area (TPSA) is 228 Å². The predicted octanol–water partition coefficient (Wildman–Crippen LogP) is 13.2. The zero-order valence-electron chi connectivity index (χ0n) is 51.6. The normalized spacial score (nSPS) is 24.1. The molecule has 2 aliphatic rings. The van der Waals surface area contributed by atoms with Crippen LogP contribution in [0.5, 0.6) is 0 Å². The summed E-state index contributed by atoms with van der Waals surface area (Å²) in [5.41, 5.74) is 0. The Morgan fingerprint density at radius 1 is 0.400 bits per heavy atom. The molecule has 0 radical (unpaired) electrons. The number of ether oxygens (including phenoxy) is 4. The Hall–Kier alpha value is -1.01. The van der Waals surface area contributed by atoms with Gasteiger partial charge in [-0.25, -0.2) is 0 Å². The molecule has 2 aliphatic heterocycles. The zero-order valence-corrected chi connectivity index (χ0v) is 51.6. The van der Waals surface area contributed by atoms with Gasteiger partial charge in [0.2, 0.25) is 5.91 Å². The molecule has 14 nitrogen and oxygen atoms in total. The third-order valence-electron chi connectivity index (χ3n) is 17.3. The van der Waals surface area contributed by atoms with Gasteiger partial charge < -0.3 is 65.1 Å². The average molecular weight is 1140 g/mol. The lowest BCUT2D eigenvalue weighted by Gasteiger charge is -2.46. The number of aliphatic hydroxyl groups is 8. The molecule has 12 unspecified atom stereocenters. The van der Waals surface area contributed by atoms with Crippen molar-refractivity contribution in [1.29, 1.82) is 0 Å². The molecule has 12 atom stereocenters. The SMILES string of the molecule is CCCCCCCCCCCCCCCCCCCCCCCCCCCCCCC(=O)NC(COC1OC(CO)C(OC2OC(CO)C(O)C(O)C2O)C(O)C1O)C(O)CCCCCCCCCCCCCCCCCCCC. The molecule has 14 heteroatoms. The number of nitrogens with one attached hydrogen (secondary N) is 1. The van der Waals surface area contributed by atoms with E-state index in [2.05, 4.69) is 19.2 Å². The molecule has 0 aliphatic carbocycles. The maximum absolute atomic E-state index is 13.3. The standard InChI is InChI=1S/C66H129NO13/c1-3-5-7-9-11-13-15-17-19-21-23-24-25-26-27-28-29-30-31-32-34-36-38-40-42-44-46-48-50-58(71)67-54(55(70)49-47-45-43-41-39-37-35-33-22-20-18-16-14-12-10-8-6-4-2)53-77-65-63(76)61(74)64(57(52-69)79-65)80-66-62(75)60(73)59(72)56(51-68)78-66/h54-57,59-66,68-70,72-76H,3-53H2,1-2H3,(H,67,71). The fourth-order valence-corrected chi connectivity index (χ4v) is 11.8. The van der Waals surface area contributed by atoms with Gasteiger partial charge in [0.15, 0.2) is 12.6 Å². The fraction of sp³-hybridized carbons (Fsp3) is 0.985. The molecule has 1 amide bonds. The highest BCUT2D eigenvalue weighted by molar-refractivity contribution is 5.76. The maximum atomic E-state index is 13.3. The quantitative estimate of drug-likeness (QED) is 0.0259. The van der Waals surface area contributed by atoms with Crippen LogP contribution in [0.2, 0.25) is 0 Å². The molecule has 2 saturated heterocycles. The van der Waals surface area contributed by atoms with E-state index in [0.717, 1.165) is 51.4 Å². The van der Waals surface area contributed by atoms with Gasteiger partial charge in [-0.2, -0.15) is 0 Å². The molecule has 0 aromatic heterocycles. The number of unbranched alkanes of at least 4 members (excludes halogenated alkanes) is 44. The van der Waals surface area contributed by atoms with Crippen molar-refractivity contribution in [2.24, 2.45) is 0 Å². The van der Waals surface area contributed by atoms with E-state index in [1.807, 2.05) is 0 Å². The largest absolute Gasteiger partial charge is 0.394 e. The first kappa shape index (κ1) is 75.1. The molecule has 0 aromatic rings. The van der Waals surface area contributed by atoms with E-state index in [4.69, 9.17) is 18.9 Å². The Bertz CT molecular complexity index is 1350. The van der Waals surface area contributed by atoms with Crippen molar-refractivity contribution < 1.29 is 64.6 Å². The van der Waals surface area contributed by atoms with Crippen molar-refractivity contribution >= 4 is 5.91 Å². The van der Waals surface area contributed by atoms with Crippen LogP contribution in [0.1, 0.15) is 322 Å². The Morgan fingerprint density at radius 3 is 1.06 bits per heavy atom. The van der Waals surface area contributed by atoms with E-state index in [9.17, 15) is 45.6 Å². The molecule has 0 saturated carbocycles. The van der Waals surface area contributed by atoms with Crippen LogP contribution >= 0.6 is 0 Å². The number of hydrogen-bond donors (Lipinski definition) is 9. The van der Waals surface area contributed by atoms with E-state index in [-0.39, 0.29) is 12.5 Å². The fourth-order valence-electron chi connectivity index (χ4n) is 11.8. The number of aliphatic hydroxyl groups excluding tert-OH is 8. The van der Waals surface area contributed by atoms with Gasteiger partial charge in [-0.1, -0.05) is 303 Å². The first-order valence-electron chi connectivity index (χ1n) is 34.3. The van der Waals surface area contributed by atoms with Crippen LogP contribution in [-0.4, -0.2) is 140 Å². The summed E-state index contributed by atoms with van der Waals surface area (Å²) in [5, 5.41) is 87.5. The zero-order chi connectivity index (χ0) is 58.1. The van der Waals surface area contributed by atoms with E-state index in [1.54, 1.807) is 0 Å². The van der Waals surface area contributed by atoms with Gasteiger partial charge in [-0.3, -0.25) is 4.79 Å². The molecule has 80 heavy (non-hydrogen) atoms. The molecule has 0 bridgehead atoms. The number of carbonyl (C=O) groups excluding carboxylic acids is 1. The number of amides is 1. The van der Waals surface area contributed by atoms with Crippen LogP contribution in [0.15, 0.2) is 0 Å². The highest BCUT2D eigenvalue weighted by Crippen LogP contribution is 2.30. The van der Waals surface area contributed by atoms with Crippen molar-refractivity contribution in [3.63, 3.8) is 0 Å². The van der Waals surface area contributed by atoms with Gasteiger partial charge >= 0.3 is 0 Å². The molecule has 9 N–H and O–H groups in total. The van der Waals surface area contributed by atoms with Crippen molar-refractivity contribution in [3.8, 4) is 0 Å². The summed E-state index contributed by atoms with van der Waals surface area (Å²) >= 11 is 0. The highest BCUT2D eigenvalue weighted by atomic mass is 16.7. The molecule has 0 aromatic carbocycles. The Labute approximate surface area is 489 Å². The number of rotatable bonds is 57. The average Bonchev–Trinajstić information content (AvgIpc) is 3.46. The summed E-state index contributed by atoms with van der Waals surface area (Å²) < 4.78 is 22.9. The monoisotopic (exact) mass is 1140 g/mol. The van der Waals surface area contributed by atoms with Gasteiger partial charge in [0.25, 0.3) is 0 Å². The summed E-state index contributed by atoms with van der Waals surface area (Å²) in [4.78, 5) is 13.3. The predicted molar refractivity (Wildman–Crippen MR) is 323 cm³/mol. The van der Waals surface area contributed by atoms with Crippen molar-refractivity contribution in [3.05, 3.63) is 0 Å². The van der Waals surface area contributed by atoms with Crippen LogP contribution in [0.25, 0.3) is 0 Å². The summed E-state index contributed by atoms with van der Waals surface area (Å²) in [7, 11) is 0. The minimum Gasteiger partial charge on any atom is -0.394 e. The lowest BCUT2D eigenvalue weighted by Crippen LogP contribution is -2.65.